The Balaban J connectivity index is 1.63. The normalized spacial score (nSPS) is 10.5. The SMILES string of the molecule is COc1cccc(F)c1Oc1ccc(NC(=O)c2ccncc2)cc1CC(=O)Cc1nccs1. The first-order chi connectivity index (χ1) is 16.5. The molecule has 7 nitrogen and oxygen atoms in total. The lowest BCUT2D eigenvalue weighted by atomic mass is 10.0. The zero-order chi connectivity index (χ0) is 23.9. The van der Waals surface area contributed by atoms with E-state index < -0.39 is 5.82 Å². The molecule has 1 amide bonds. The van der Waals surface area contributed by atoms with Crippen molar-refractivity contribution in [1.29, 1.82) is 0 Å². The lowest BCUT2D eigenvalue weighted by molar-refractivity contribution is -0.117. The van der Waals surface area contributed by atoms with E-state index in [1.165, 1.54) is 43.0 Å². The summed E-state index contributed by atoms with van der Waals surface area (Å²) in [6, 6.07) is 12.4. The molecule has 2 aromatic carbocycles. The summed E-state index contributed by atoms with van der Waals surface area (Å²) in [7, 11) is 1.41. The molecule has 4 aromatic rings. The number of nitrogens with zero attached hydrogens (tertiary/aromatic N) is 2. The van der Waals surface area contributed by atoms with E-state index in [9.17, 15) is 14.0 Å². The number of pyridine rings is 1. The van der Waals surface area contributed by atoms with Crippen LogP contribution in [0.15, 0.2) is 72.5 Å². The quantitative estimate of drug-likeness (QED) is 0.361. The number of Topliss-reactive ketones (excluding diaryl/α,β-unsaturated/α-hetero) is 1. The van der Waals surface area contributed by atoms with Crippen LogP contribution < -0.4 is 14.8 Å². The summed E-state index contributed by atoms with van der Waals surface area (Å²) in [5, 5.41) is 5.30. The molecule has 9 heteroatoms. The Bertz CT molecular complexity index is 1300. The number of para-hydroxylation sites is 1. The number of methoxy groups -OCH3 is 1. The minimum absolute atomic E-state index is 0.00461. The largest absolute Gasteiger partial charge is 0.493 e. The highest BCUT2D eigenvalue weighted by molar-refractivity contribution is 7.09. The van der Waals surface area contributed by atoms with Crippen molar-refractivity contribution in [3.05, 3.63) is 94.5 Å². The first-order valence-corrected chi connectivity index (χ1v) is 11.2. The van der Waals surface area contributed by atoms with Crippen molar-refractivity contribution in [3.63, 3.8) is 0 Å². The van der Waals surface area contributed by atoms with Gasteiger partial charge in [-0.25, -0.2) is 9.37 Å². The fourth-order valence-electron chi connectivity index (χ4n) is 3.24. The molecule has 0 saturated heterocycles. The van der Waals surface area contributed by atoms with E-state index in [-0.39, 0.29) is 41.8 Å². The topological polar surface area (TPSA) is 90.4 Å². The van der Waals surface area contributed by atoms with Gasteiger partial charge in [0, 0.05) is 47.2 Å². The highest BCUT2D eigenvalue weighted by atomic mass is 32.1. The van der Waals surface area contributed by atoms with E-state index in [2.05, 4.69) is 15.3 Å². The van der Waals surface area contributed by atoms with Crippen molar-refractivity contribution in [2.75, 3.05) is 12.4 Å². The summed E-state index contributed by atoms with van der Waals surface area (Å²) >= 11 is 1.39. The van der Waals surface area contributed by atoms with Gasteiger partial charge in [-0.2, -0.15) is 0 Å². The van der Waals surface area contributed by atoms with E-state index in [0.717, 1.165) is 0 Å². The Labute approximate surface area is 199 Å². The van der Waals surface area contributed by atoms with E-state index in [0.29, 0.717) is 21.8 Å². The number of ether oxygens (including phenoxy) is 2. The van der Waals surface area contributed by atoms with Crippen LogP contribution in [0.4, 0.5) is 10.1 Å². The van der Waals surface area contributed by atoms with Gasteiger partial charge in [-0.3, -0.25) is 14.6 Å². The van der Waals surface area contributed by atoms with Gasteiger partial charge in [0.2, 0.25) is 5.75 Å². The summed E-state index contributed by atoms with van der Waals surface area (Å²) in [6.07, 6.45) is 4.85. The van der Waals surface area contributed by atoms with Crippen LogP contribution in [0.1, 0.15) is 20.9 Å². The number of carbonyl (C=O) groups is 2. The number of hydrogen-bond acceptors (Lipinski definition) is 7. The van der Waals surface area contributed by atoms with E-state index >= 15 is 0 Å². The van der Waals surface area contributed by atoms with Gasteiger partial charge in [-0.1, -0.05) is 6.07 Å². The van der Waals surface area contributed by atoms with Gasteiger partial charge in [0.1, 0.15) is 11.5 Å². The number of anilines is 1. The Kier molecular flexibility index (Phi) is 7.24. The molecule has 0 aliphatic heterocycles. The number of aromatic nitrogens is 2. The van der Waals surface area contributed by atoms with Crippen LogP contribution in [0.2, 0.25) is 0 Å². The van der Waals surface area contributed by atoms with Crippen molar-refractivity contribution >= 4 is 28.7 Å². The number of benzene rings is 2. The Morgan fingerprint density at radius 1 is 1.03 bits per heavy atom. The number of hydrogen-bond donors (Lipinski definition) is 1. The van der Waals surface area contributed by atoms with Crippen LogP contribution in [0.25, 0.3) is 0 Å². The predicted molar refractivity (Wildman–Crippen MR) is 126 cm³/mol. The number of carbonyl (C=O) groups excluding carboxylic acids is 2. The Morgan fingerprint density at radius 3 is 2.59 bits per heavy atom. The van der Waals surface area contributed by atoms with Crippen LogP contribution in [0.5, 0.6) is 17.2 Å². The number of halogens is 1. The fraction of sp³-hybridized carbons (Fsp3) is 0.120. The first kappa shape index (κ1) is 23.1. The molecule has 0 aliphatic carbocycles. The van der Waals surface area contributed by atoms with Gasteiger partial charge >= 0.3 is 0 Å². The fourth-order valence-corrected chi connectivity index (χ4v) is 3.89. The molecule has 0 bridgehead atoms. The average molecular weight is 478 g/mol. The molecule has 172 valence electrons. The standard InChI is InChI=1S/C25H20FN3O4S/c1-32-22-4-2-3-20(26)24(22)33-21-6-5-18(29-25(31)16-7-9-27-10-8-16)13-17(21)14-19(30)15-23-28-11-12-34-23/h2-13H,14-15H2,1H3,(H,29,31). The molecule has 2 heterocycles. The minimum Gasteiger partial charge on any atom is -0.493 e. The van der Waals surface area contributed by atoms with E-state index in [4.69, 9.17) is 9.47 Å². The van der Waals surface area contributed by atoms with Gasteiger partial charge in [-0.15, -0.1) is 11.3 Å². The van der Waals surface area contributed by atoms with Crippen LogP contribution in [0.3, 0.4) is 0 Å². The van der Waals surface area contributed by atoms with Crippen molar-refractivity contribution < 1.29 is 23.5 Å². The second-order valence-electron chi connectivity index (χ2n) is 7.20. The van der Waals surface area contributed by atoms with Crippen LogP contribution >= 0.6 is 11.3 Å². The minimum atomic E-state index is -0.602. The number of thiazole rings is 1. The summed E-state index contributed by atoms with van der Waals surface area (Å²) < 4.78 is 25.5. The van der Waals surface area contributed by atoms with Gasteiger partial charge in [-0.05, 0) is 42.5 Å². The lowest BCUT2D eigenvalue weighted by Crippen LogP contribution is -2.13. The third-order valence-electron chi connectivity index (χ3n) is 4.84. The number of amides is 1. The molecule has 0 unspecified atom stereocenters. The molecule has 0 radical (unpaired) electrons. The zero-order valence-corrected chi connectivity index (χ0v) is 19.0. The molecular formula is C25H20FN3O4S. The molecule has 34 heavy (non-hydrogen) atoms. The third-order valence-corrected chi connectivity index (χ3v) is 5.62. The molecule has 2 aromatic heterocycles. The van der Waals surface area contributed by atoms with Crippen LogP contribution in [0, 0.1) is 5.82 Å². The van der Waals surface area contributed by atoms with Gasteiger partial charge in [0.15, 0.2) is 11.6 Å². The number of ketones is 1. The highest BCUT2D eigenvalue weighted by Gasteiger charge is 2.18. The molecule has 4 rings (SSSR count). The first-order valence-electron chi connectivity index (χ1n) is 10.3. The molecule has 0 aliphatic rings. The summed E-state index contributed by atoms with van der Waals surface area (Å²) in [6.45, 7) is 0. The Morgan fingerprint density at radius 2 is 1.85 bits per heavy atom. The van der Waals surface area contributed by atoms with Crippen molar-refractivity contribution in [2.45, 2.75) is 12.8 Å². The predicted octanol–water partition coefficient (Wildman–Crippen LogP) is 5.08. The van der Waals surface area contributed by atoms with Gasteiger partial charge in [0.25, 0.3) is 5.91 Å². The van der Waals surface area contributed by atoms with Crippen LogP contribution in [-0.2, 0) is 17.6 Å². The van der Waals surface area contributed by atoms with Crippen molar-refractivity contribution in [2.24, 2.45) is 0 Å². The van der Waals surface area contributed by atoms with Crippen molar-refractivity contribution in [3.8, 4) is 17.2 Å². The number of nitrogens with one attached hydrogen (secondary N) is 1. The summed E-state index contributed by atoms with van der Waals surface area (Å²) in [4.78, 5) is 33.4. The highest BCUT2D eigenvalue weighted by Crippen LogP contribution is 2.36. The molecule has 0 atom stereocenters. The molecule has 0 spiro atoms. The maximum atomic E-state index is 14.5. The van der Waals surface area contributed by atoms with Gasteiger partial charge in [0.05, 0.1) is 18.5 Å². The second-order valence-corrected chi connectivity index (χ2v) is 8.18. The van der Waals surface area contributed by atoms with E-state index in [1.54, 1.807) is 48.0 Å². The maximum absolute atomic E-state index is 14.5. The van der Waals surface area contributed by atoms with Crippen LogP contribution in [-0.4, -0.2) is 28.8 Å². The smallest absolute Gasteiger partial charge is 0.255 e. The molecular weight excluding hydrogens is 457 g/mol. The lowest BCUT2D eigenvalue weighted by Gasteiger charge is -2.15. The molecule has 1 N–H and O–H groups in total. The molecule has 0 saturated carbocycles. The summed E-state index contributed by atoms with van der Waals surface area (Å²) in [5.41, 5.74) is 1.39. The average Bonchev–Trinajstić information content (AvgIpc) is 3.35. The monoisotopic (exact) mass is 477 g/mol. The van der Waals surface area contributed by atoms with Crippen molar-refractivity contribution in [1.82, 2.24) is 9.97 Å². The number of rotatable bonds is 9. The van der Waals surface area contributed by atoms with E-state index in [1.807, 2.05) is 0 Å². The Hall–Kier alpha value is -4.11. The van der Waals surface area contributed by atoms with Gasteiger partial charge < -0.3 is 14.8 Å². The second kappa shape index (κ2) is 10.7. The maximum Gasteiger partial charge on any atom is 0.255 e. The summed E-state index contributed by atoms with van der Waals surface area (Å²) in [5.74, 6) is -0.626. The molecule has 0 fully saturated rings. The third kappa shape index (κ3) is 5.62. The zero-order valence-electron chi connectivity index (χ0n) is 18.2.